The Labute approximate surface area is 133 Å². The van der Waals surface area contributed by atoms with Crippen molar-refractivity contribution in [3.63, 3.8) is 0 Å². The van der Waals surface area contributed by atoms with E-state index in [1.165, 1.54) is 32.4 Å². The SMILES string of the molecule is COc1ccc(OC)c(C(=O)/C=C/c2cccc(C(=O)O)c2)c1. The van der Waals surface area contributed by atoms with Gasteiger partial charge in [0.1, 0.15) is 11.5 Å². The molecular weight excluding hydrogens is 296 g/mol. The zero-order chi connectivity index (χ0) is 16.8. The molecule has 0 aromatic heterocycles. The molecule has 0 saturated heterocycles. The number of carboxylic acids is 1. The summed E-state index contributed by atoms with van der Waals surface area (Å²) < 4.78 is 10.3. The number of carboxylic acid groups (broad SMARTS) is 1. The van der Waals surface area contributed by atoms with Gasteiger partial charge in [-0.2, -0.15) is 0 Å². The maximum atomic E-state index is 12.3. The molecule has 0 fully saturated rings. The van der Waals surface area contributed by atoms with E-state index < -0.39 is 5.97 Å². The summed E-state index contributed by atoms with van der Waals surface area (Å²) in [6.07, 6.45) is 2.94. The third kappa shape index (κ3) is 3.97. The Bertz CT molecular complexity index is 762. The van der Waals surface area contributed by atoms with Crippen molar-refractivity contribution < 1.29 is 24.2 Å². The molecule has 2 aromatic carbocycles. The fourth-order valence-corrected chi connectivity index (χ4v) is 2.04. The van der Waals surface area contributed by atoms with Gasteiger partial charge in [-0.1, -0.05) is 18.2 Å². The zero-order valence-electron chi connectivity index (χ0n) is 12.8. The Morgan fingerprint density at radius 2 is 1.83 bits per heavy atom. The molecule has 5 nitrogen and oxygen atoms in total. The maximum absolute atomic E-state index is 12.3. The van der Waals surface area contributed by atoms with E-state index in [0.717, 1.165) is 0 Å². The first-order valence-electron chi connectivity index (χ1n) is 6.83. The van der Waals surface area contributed by atoms with Gasteiger partial charge in [-0.05, 0) is 42.0 Å². The number of carbonyl (C=O) groups is 2. The summed E-state index contributed by atoms with van der Waals surface area (Å²) in [6.45, 7) is 0. The molecule has 0 bridgehead atoms. The molecule has 0 heterocycles. The highest BCUT2D eigenvalue weighted by atomic mass is 16.5. The Kier molecular flexibility index (Phi) is 5.15. The maximum Gasteiger partial charge on any atom is 0.335 e. The van der Waals surface area contributed by atoms with E-state index in [2.05, 4.69) is 0 Å². The first kappa shape index (κ1) is 16.3. The summed E-state index contributed by atoms with van der Waals surface area (Å²) in [4.78, 5) is 23.3. The number of ketones is 1. The van der Waals surface area contributed by atoms with Gasteiger partial charge in [-0.15, -0.1) is 0 Å². The molecule has 0 saturated carbocycles. The molecule has 2 aromatic rings. The van der Waals surface area contributed by atoms with Crippen LogP contribution in [0.1, 0.15) is 26.3 Å². The molecule has 1 N–H and O–H groups in total. The van der Waals surface area contributed by atoms with Crippen molar-refractivity contribution >= 4 is 17.8 Å². The lowest BCUT2D eigenvalue weighted by atomic mass is 10.1. The fourth-order valence-electron chi connectivity index (χ4n) is 2.04. The number of carbonyl (C=O) groups excluding carboxylic acids is 1. The van der Waals surface area contributed by atoms with Gasteiger partial charge in [0.2, 0.25) is 0 Å². The molecule has 0 radical (unpaired) electrons. The Morgan fingerprint density at radius 1 is 1.04 bits per heavy atom. The lowest BCUT2D eigenvalue weighted by Crippen LogP contribution is -2.00. The average Bonchev–Trinajstić information content (AvgIpc) is 2.59. The molecular formula is C18H16O5. The average molecular weight is 312 g/mol. The number of hydrogen-bond donors (Lipinski definition) is 1. The van der Waals surface area contributed by atoms with Crippen molar-refractivity contribution in [3.8, 4) is 11.5 Å². The number of methoxy groups -OCH3 is 2. The van der Waals surface area contributed by atoms with Crippen LogP contribution in [0.4, 0.5) is 0 Å². The fraction of sp³-hybridized carbons (Fsp3) is 0.111. The summed E-state index contributed by atoms with van der Waals surface area (Å²) in [6, 6.07) is 11.3. The first-order valence-corrected chi connectivity index (χ1v) is 6.83. The standard InChI is InChI=1S/C18H16O5/c1-22-14-7-9-17(23-2)15(11-14)16(19)8-6-12-4-3-5-13(10-12)18(20)21/h3-11H,1-2H3,(H,20,21)/b8-6+. The third-order valence-corrected chi connectivity index (χ3v) is 3.23. The summed E-state index contributed by atoms with van der Waals surface area (Å²) in [7, 11) is 3.00. The molecule has 0 aliphatic heterocycles. The van der Waals surface area contributed by atoms with E-state index >= 15 is 0 Å². The van der Waals surface area contributed by atoms with Crippen molar-refractivity contribution in [2.24, 2.45) is 0 Å². The van der Waals surface area contributed by atoms with Crippen molar-refractivity contribution in [3.05, 3.63) is 65.2 Å². The topological polar surface area (TPSA) is 72.8 Å². The monoisotopic (exact) mass is 312 g/mol. The van der Waals surface area contributed by atoms with Crippen LogP contribution in [0.2, 0.25) is 0 Å². The first-order chi connectivity index (χ1) is 11.0. The minimum atomic E-state index is -1.01. The summed E-state index contributed by atoms with van der Waals surface area (Å²) >= 11 is 0. The zero-order valence-corrected chi connectivity index (χ0v) is 12.8. The van der Waals surface area contributed by atoms with Crippen LogP contribution in [0.25, 0.3) is 6.08 Å². The minimum absolute atomic E-state index is 0.165. The van der Waals surface area contributed by atoms with Gasteiger partial charge in [0.15, 0.2) is 5.78 Å². The molecule has 118 valence electrons. The quantitative estimate of drug-likeness (QED) is 0.654. The van der Waals surface area contributed by atoms with Crippen molar-refractivity contribution in [1.82, 2.24) is 0 Å². The summed E-state index contributed by atoms with van der Waals surface area (Å²) in [5.41, 5.74) is 1.16. The molecule has 23 heavy (non-hydrogen) atoms. The normalized spacial score (nSPS) is 10.5. The van der Waals surface area contributed by atoms with E-state index in [1.54, 1.807) is 36.4 Å². The minimum Gasteiger partial charge on any atom is -0.497 e. The highest BCUT2D eigenvalue weighted by molar-refractivity contribution is 6.09. The van der Waals surface area contributed by atoms with E-state index in [0.29, 0.717) is 22.6 Å². The van der Waals surface area contributed by atoms with Crippen LogP contribution in [-0.4, -0.2) is 31.1 Å². The van der Waals surface area contributed by atoms with Crippen LogP contribution in [0, 0.1) is 0 Å². The van der Waals surface area contributed by atoms with Crippen LogP contribution >= 0.6 is 0 Å². The highest BCUT2D eigenvalue weighted by Crippen LogP contribution is 2.25. The lowest BCUT2D eigenvalue weighted by molar-refractivity contribution is 0.0696. The molecule has 0 aliphatic rings. The van der Waals surface area contributed by atoms with Crippen molar-refractivity contribution in [1.29, 1.82) is 0 Å². The predicted octanol–water partition coefficient (Wildman–Crippen LogP) is 3.30. The van der Waals surface area contributed by atoms with Crippen molar-refractivity contribution in [2.75, 3.05) is 14.2 Å². The van der Waals surface area contributed by atoms with Gasteiger partial charge >= 0.3 is 5.97 Å². The Hall–Kier alpha value is -3.08. The Balaban J connectivity index is 2.28. The number of hydrogen-bond acceptors (Lipinski definition) is 4. The van der Waals surface area contributed by atoms with Gasteiger partial charge < -0.3 is 14.6 Å². The Morgan fingerprint density at radius 3 is 2.48 bits per heavy atom. The third-order valence-electron chi connectivity index (χ3n) is 3.23. The van der Waals surface area contributed by atoms with Crippen LogP contribution in [0.3, 0.4) is 0 Å². The molecule has 5 heteroatoms. The number of rotatable bonds is 6. The van der Waals surface area contributed by atoms with Crippen LogP contribution < -0.4 is 9.47 Å². The highest BCUT2D eigenvalue weighted by Gasteiger charge is 2.11. The van der Waals surface area contributed by atoms with Gasteiger partial charge in [-0.25, -0.2) is 4.79 Å². The summed E-state index contributed by atoms with van der Waals surface area (Å²) in [5.74, 6) is -0.280. The second-order valence-corrected chi connectivity index (χ2v) is 4.69. The van der Waals surface area contributed by atoms with Gasteiger partial charge in [0.25, 0.3) is 0 Å². The number of ether oxygens (including phenoxy) is 2. The molecule has 0 atom stereocenters. The van der Waals surface area contributed by atoms with Crippen LogP contribution in [0.5, 0.6) is 11.5 Å². The molecule has 0 spiro atoms. The van der Waals surface area contributed by atoms with E-state index in [4.69, 9.17) is 14.6 Å². The second kappa shape index (κ2) is 7.26. The van der Waals surface area contributed by atoms with Gasteiger partial charge in [-0.3, -0.25) is 4.79 Å². The predicted molar refractivity (Wildman–Crippen MR) is 86.3 cm³/mol. The molecule has 0 amide bonds. The van der Waals surface area contributed by atoms with E-state index in [-0.39, 0.29) is 11.3 Å². The van der Waals surface area contributed by atoms with E-state index in [1.807, 2.05) is 0 Å². The van der Waals surface area contributed by atoms with Crippen LogP contribution in [-0.2, 0) is 0 Å². The lowest BCUT2D eigenvalue weighted by Gasteiger charge is -2.07. The van der Waals surface area contributed by atoms with Gasteiger partial charge in [0.05, 0.1) is 25.3 Å². The molecule has 2 rings (SSSR count). The smallest absolute Gasteiger partial charge is 0.335 e. The number of allylic oxidation sites excluding steroid dienone is 1. The van der Waals surface area contributed by atoms with Crippen LogP contribution in [0.15, 0.2) is 48.5 Å². The number of benzene rings is 2. The second-order valence-electron chi connectivity index (χ2n) is 4.69. The molecule has 0 aliphatic carbocycles. The number of aromatic carboxylic acids is 1. The summed E-state index contributed by atoms with van der Waals surface area (Å²) in [5, 5.41) is 8.97. The van der Waals surface area contributed by atoms with E-state index in [9.17, 15) is 9.59 Å². The largest absolute Gasteiger partial charge is 0.497 e. The van der Waals surface area contributed by atoms with Gasteiger partial charge in [0, 0.05) is 0 Å². The molecule has 0 unspecified atom stereocenters. The van der Waals surface area contributed by atoms with Crippen molar-refractivity contribution in [2.45, 2.75) is 0 Å².